The van der Waals surface area contributed by atoms with Gasteiger partial charge in [-0.05, 0) is 175 Å². The van der Waals surface area contributed by atoms with Crippen LogP contribution in [0.1, 0.15) is 110 Å². The van der Waals surface area contributed by atoms with Crippen LogP contribution >= 0.6 is 17.0 Å². The SMILES string of the molecule is C[Si]C.Cc1ccc(-c2ccc(-c3ccc(C)cc3)c3[cH-]c(CC45CC6CC(CC(C6)C4)C5)cc23)cc1.Cc1ccc(-c2ccc(-c3ccc(C)cc3)c3[cH-]c(CC45CC6CC(CC(C6)C4)C5)cc23)cc1.[Cl][Zr+2][Cl]. The fraction of sp³-hybridized carbons (Fsp3) is 0.400. The van der Waals surface area contributed by atoms with E-state index in [-0.39, 0.29) is 0 Å². The Bertz CT molecular complexity index is 2730. The first kappa shape index (κ1) is 52.3. The standard InChI is InChI=1S/2C34H35.C2H6Si.2ClH.Zr/c2*1-22-3-7-28(8-4-22)30-11-12-31(29-9-5-23(2)6-10-29)33-17-27(16-32(30)33)21-34-18-24-13-25(19-34)15-26(14-24)20-34;1-3-2;;;/h2*3-12,16-17,24-26H,13-15,18-21H2,1-2H3;1-2H3;2*1H;/q2*-1;;;;+4/p-2. The molecule has 0 nitrogen and oxygen atoms in total. The van der Waals surface area contributed by atoms with Crippen LogP contribution in [0, 0.1) is 74.0 Å². The predicted octanol–water partition coefficient (Wildman–Crippen LogP) is 20.7. The van der Waals surface area contributed by atoms with Crippen LogP contribution in [0.4, 0.5) is 0 Å². The minimum absolute atomic E-state index is 0.577. The Kier molecular flexibility index (Phi) is 15.7. The second kappa shape index (κ2) is 22.3. The zero-order chi connectivity index (χ0) is 51.1. The van der Waals surface area contributed by atoms with Gasteiger partial charge in [0.1, 0.15) is 0 Å². The normalized spacial score (nSPS) is 25.7. The maximum absolute atomic E-state index is 4.93. The third-order valence-corrected chi connectivity index (χ3v) is 18.8. The number of hydrogen-bond acceptors (Lipinski definition) is 0. The van der Waals surface area contributed by atoms with E-state index >= 15 is 0 Å². The molecule has 16 rings (SSSR count). The predicted molar refractivity (Wildman–Crippen MR) is 318 cm³/mol. The minimum atomic E-state index is -0.826. The van der Waals surface area contributed by atoms with E-state index in [9.17, 15) is 0 Å². The van der Waals surface area contributed by atoms with Crippen LogP contribution in [-0.2, 0) is 33.7 Å². The molecular weight excluding hydrogens is 1030 g/mol. The number of aryl methyl sites for hydroxylation is 4. The van der Waals surface area contributed by atoms with Gasteiger partial charge in [-0.2, -0.15) is 12.1 Å². The summed E-state index contributed by atoms with van der Waals surface area (Å²) in [6.45, 7) is 13.0. The van der Waals surface area contributed by atoms with E-state index < -0.39 is 20.8 Å². The molecule has 4 heteroatoms. The van der Waals surface area contributed by atoms with Crippen LogP contribution in [0.25, 0.3) is 66.1 Å². The van der Waals surface area contributed by atoms with E-state index in [1.165, 1.54) is 178 Å². The van der Waals surface area contributed by atoms with Gasteiger partial charge >= 0.3 is 37.9 Å². The van der Waals surface area contributed by atoms with Gasteiger partial charge < -0.3 is 0 Å². The molecule has 0 atom stereocenters. The molecule has 0 heterocycles. The molecule has 0 spiro atoms. The molecule has 8 aromatic carbocycles. The second-order valence-corrected chi connectivity index (χ2v) is 29.7. The van der Waals surface area contributed by atoms with Crippen molar-refractivity contribution in [3.8, 4) is 44.5 Å². The first-order chi connectivity index (χ1) is 35.9. The van der Waals surface area contributed by atoms with Gasteiger partial charge in [-0.15, -0.1) is 44.8 Å². The van der Waals surface area contributed by atoms with Gasteiger partial charge in [0.15, 0.2) is 0 Å². The van der Waals surface area contributed by atoms with Gasteiger partial charge in [0, 0.05) is 9.52 Å². The van der Waals surface area contributed by atoms with Crippen molar-refractivity contribution < 1.29 is 20.8 Å². The van der Waals surface area contributed by atoms with E-state index in [1.54, 1.807) is 11.1 Å². The molecule has 0 unspecified atom stereocenters. The van der Waals surface area contributed by atoms with Crippen molar-refractivity contribution in [1.29, 1.82) is 0 Å². The molecule has 8 bridgehead atoms. The van der Waals surface area contributed by atoms with E-state index in [0.29, 0.717) is 10.8 Å². The van der Waals surface area contributed by atoms with Gasteiger partial charge in [-0.25, -0.2) is 0 Å². The van der Waals surface area contributed by atoms with Gasteiger partial charge in [-0.3, -0.25) is 0 Å². The summed E-state index contributed by atoms with van der Waals surface area (Å²) in [7, 11) is 11.0. The summed E-state index contributed by atoms with van der Waals surface area (Å²) < 4.78 is 0. The Morgan fingerprint density at radius 1 is 0.405 bits per heavy atom. The van der Waals surface area contributed by atoms with E-state index in [4.69, 9.17) is 17.0 Å². The van der Waals surface area contributed by atoms with Crippen molar-refractivity contribution in [2.75, 3.05) is 0 Å². The zero-order valence-electron chi connectivity index (χ0n) is 45.0. The summed E-state index contributed by atoms with van der Waals surface area (Å²) in [5, 5.41) is 5.73. The molecule has 8 fully saturated rings. The average Bonchev–Trinajstić information content (AvgIpc) is 3.98. The molecule has 2 radical (unpaired) electrons. The van der Waals surface area contributed by atoms with Gasteiger partial charge in [0.25, 0.3) is 0 Å². The van der Waals surface area contributed by atoms with E-state index in [0.717, 1.165) is 45.0 Å². The first-order valence-electron chi connectivity index (χ1n) is 28.2. The third-order valence-electron chi connectivity index (χ3n) is 18.8. The summed E-state index contributed by atoms with van der Waals surface area (Å²) in [5.41, 5.74) is 20.4. The molecule has 378 valence electrons. The maximum atomic E-state index is 4.93. The van der Waals surface area contributed by atoms with Gasteiger partial charge in [-0.1, -0.05) is 190 Å². The second-order valence-electron chi connectivity index (χ2n) is 24.9. The molecule has 0 N–H and O–H groups in total. The molecule has 0 aliphatic heterocycles. The molecule has 0 saturated heterocycles. The molecule has 0 aromatic heterocycles. The van der Waals surface area contributed by atoms with E-state index in [2.05, 4.69) is 186 Å². The van der Waals surface area contributed by atoms with Gasteiger partial charge in [0.2, 0.25) is 0 Å². The molecule has 8 aromatic rings. The topological polar surface area (TPSA) is 0 Å². The number of halogens is 2. The Hall–Kier alpha value is -3.78. The molecule has 8 aliphatic rings. The monoisotopic (exact) mass is 1100 g/mol. The number of fused-ring (bicyclic) bond motifs is 2. The fourth-order valence-corrected chi connectivity index (χ4v) is 16.7. The molecule has 8 aliphatic carbocycles. The zero-order valence-corrected chi connectivity index (χ0v) is 49.9. The van der Waals surface area contributed by atoms with Crippen LogP contribution in [0.5, 0.6) is 0 Å². The van der Waals surface area contributed by atoms with Crippen molar-refractivity contribution in [2.24, 2.45) is 46.3 Å². The third kappa shape index (κ3) is 11.2. The van der Waals surface area contributed by atoms with Crippen LogP contribution in [0.15, 0.2) is 146 Å². The van der Waals surface area contributed by atoms with Crippen LogP contribution in [0.3, 0.4) is 0 Å². The summed E-state index contributed by atoms with van der Waals surface area (Å²) in [4.78, 5) is 0. The van der Waals surface area contributed by atoms with Crippen molar-refractivity contribution in [3.63, 3.8) is 0 Å². The molecule has 74 heavy (non-hydrogen) atoms. The quantitative estimate of drug-likeness (QED) is 0.105. The summed E-state index contributed by atoms with van der Waals surface area (Å²) >= 11 is -0.826. The Labute approximate surface area is 465 Å². The van der Waals surface area contributed by atoms with Crippen molar-refractivity contribution in [1.82, 2.24) is 0 Å². The summed E-state index contributed by atoms with van der Waals surface area (Å²) in [6.07, 6.45) is 20.6. The summed E-state index contributed by atoms with van der Waals surface area (Å²) in [6, 6.07) is 56.0. The Morgan fingerprint density at radius 2 is 0.635 bits per heavy atom. The number of benzene rings is 6. The molecular formula is C70H76Cl2SiZr. The van der Waals surface area contributed by atoms with Crippen molar-refractivity contribution in [3.05, 3.63) is 179 Å². The van der Waals surface area contributed by atoms with E-state index in [1.807, 2.05) is 0 Å². The summed E-state index contributed by atoms with van der Waals surface area (Å²) in [5.74, 6) is 6.09. The Morgan fingerprint density at radius 3 is 0.892 bits per heavy atom. The van der Waals surface area contributed by atoms with Crippen LogP contribution < -0.4 is 0 Å². The fourth-order valence-electron chi connectivity index (χ4n) is 16.7. The molecule has 0 amide bonds. The van der Waals surface area contributed by atoms with Crippen LogP contribution in [-0.4, -0.2) is 9.52 Å². The number of rotatable bonds is 8. The Balaban J connectivity index is 0.000000144. The average molecular weight is 1110 g/mol. The first-order valence-corrected chi connectivity index (χ1v) is 36.5. The van der Waals surface area contributed by atoms with Crippen LogP contribution in [0.2, 0.25) is 13.1 Å². The van der Waals surface area contributed by atoms with Crippen molar-refractivity contribution in [2.45, 2.75) is 131 Å². The van der Waals surface area contributed by atoms with Crippen molar-refractivity contribution >= 4 is 48.1 Å². The molecule has 8 saturated carbocycles. The van der Waals surface area contributed by atoms with Gasteiger partial charge in [0.05, 0.1) is 0 Å². The number of hydrogen-bond donors (Lipinski definition) is 0.